The zero-order valence-corrected chi connectivity index (χ0v) is 29.7. The van der Waals surface area contributed by atoms with E-state index in [-0.39, 0.29) is 36.0 Å². The summed E-state index contributed by atoms with van der Waals surface area (Å²) in [6, 6.07) is 19.9. The molecule has 6 atom stereocenters. The molecule has 1 heterocycles. The molecule has 2 N–H and O–H groups in total. The topological polar surface area (TPSA) is 113 Å². The first-order valence-electron chi connectivity index (χ1n) is 15.6. The van der Waals surface area contributed by atoms with Crippen LogP contribution in [0.3, 0.4) is 0 Å². The smallest absolute Gasteiger partial charge is 0.337 e. The average molecular weight is 702 g/mol. The van der Waals surface area contributed by atoms with E-state index < -0.39 is 39.8 Å². The van der Waals surface area contributed by atoms with Crippen molar-refractivity contribution in [3.63, 3.8) is 0 Å². The number of likely N-dealkylation sites (tertiary alicyclic amines) is 1. The van der Waals surface area contributed by atoms with E-state index in [0.717, 1.165) is 11.1 Å². The molecule has 3 aromatic rings. The largest absolute Gasteiger partial charge is 0.465 e. The van der Waals surface area contributed by atoms with Gasteiger partial charge < -0.3 is 19.5 Å². The van der Waals surface area contributed by atoms with Gasteiger partial charge in [0.1, 0.15) is 0 Å². The van der Waals surface area contributed by atoms with E-state index in [1.807, 2.05) is 58.0 Å². The highest BCUT2D eigenvalue weighted by molar-refractivity contribution is 7.80. The fourth-order valence-corrected chi connectivity index (χ4v) is 8.32. The van der Waals surface area contributed by atoms with Crippen molar-refractivity contribution in [1.29, 1.82) is 0 Å². The fourth-order valence-electron chi connectivity index (χ4n) is 6.85. The lowest BCUT2D eigenvalue weighted by Crippen LogP contribution is -2.61. The number of nitrogens with zero attached hydrogens (tertiary/aromatic N) is 1. The minimum absolute atomic E-state index is 0.148. The summed E-state index contributed by atoms with van der Waals surface area (Å²) >= 11 is 10.6. The van der Waals surface area contributed by atoms with Crippen LogP contribution in [0.4, 0.5) is 5.69 Å². The second-order valence-corrected chi connectivity index (χ2v) is 15.1. The van der Waals surface area contributed by atoms with Crippen LogP contribution in [-0.2, 0) is 25.4 Å². The standard InChI is InChI=1S/C36H42Cl2N2O6S/c1-21(2)31(33(22(3)4)47(44)45)40-32(23-10-14-26(37)15-11-23)29(25-8-7-9-27(38)18-25)19-36(5,35(40)43)20-30(41)39-28-16-12-24(13-17-28)34(42)46-6/h7-18,21-22,29,31-33H,19-20H2,1-6H3,(H,39,41)(H,44,45)/t29-,31+,32-,33?,36-/m1/s1. The second kappa shape index (κ2) is 15.3. The summed E-state index contributed by atoms with van der Waals surface area (Å²) in [7, 11) is 1.29. The number of benzene rings is 3. The Morgan fingerprint density at radius 1 is 0.979 bits per heavy atom. The SMILES string of the molecule is COC(=O)c1ccc(NC(=O)C[C@@]2(C)C[C@H](c3cccc(Cl)c3)[C@@H](c3ccc(Cl)cc3)N([C@@H](C(C)C)C(C(C)C)S(=O)O)C2=O)cc1. The predicted molar refractivity (Wildman–Crippen MR) is 187 cm³/mol. The number of nitrogens with one attached hydrogen (secondary N) is 1. The maximum Gasteiger partial charge on any atom is 0.337 e. The van der Waals surface area contributed by atoms with E-state index in [2.05, 4.69) is 5.32 Å². The van der Waals surface area contributed by atoms with Crippen molar-refractivity contribution in [2.45, 2.75) is 70.7 Å². The van der Waals surface area contributed by atoms with Crippen molar-refractivity contribution in [2.75, 3.05) is 12.4 Å². The Morgan fingerprint density at radius 2 is 1.62 bits per heavy atom. The highest BCUT2D eigenvalue weighted by atomic mass is 35.5. The van der Waals surface area contributed by atoms with Gasteiger partial charge in [-0.15, -0.1) is 0 Å². The highest BCUT2D eigenvalue weighted by Crippen LogP contribution is 2.53. The van der Waals surface area contributed by atoms with Crippen molar-refractivity contribution in [3.05, 3.63) is 99.5 Å². The summed E-state index contributed by atoms with van der Waals surface area (Å²) in [6.45, 7) is 9.45. The van der Waals surface area contributed by atoms with Crippen LogP contribution in [0.1, 0.15) is 80.9 Å². The fraction of sp³-hybridized carbons (Fsp3) is 0.417. The first-order valence-corrected chi connectivity index (χ1v) is 17.5. The van der Waals surface area contributed by atoms with Gasteiger partial charge in [-0.1, -0.05) is 82.1 Å². The number of carbonyl (C=O) groups is 3. The second-order valence-electron chi connectivity index (χ2n) is 13.1. The van der Waals surface area contributed by atoms with E-state index in [0.29, 0.717) is 27.7 Å². The molecule has 252 valence electrons. The van der Waals surface area contributed by atoms with Crippen molar-refractivity contribution in [3.8, 4) is 0 Å². The Morgan fingerprint density at radius 3 is 2.15 bits per heavy atom. The molecule has 3 aromatic carbocycles. The number of carbonyl (C=O) groups excluding carboxylic acids is 3. The van der Waals surface area contributed by atoms with Crippen molar-refractivity contribution in [2.24, 2.45) is 17.3 Å². The van der Waals surface area contributed by atoms with Crippen LogP contribution in [0.15, 0.2) is 72.8 Å². The Hall–Kier alpha value is -3.24. The number of esters is 1. The third kappa shape index (κ3) is 8.26. The van der Waals surface area contributed by atoms with Gasteiger partial charge in [-0.05, 0) is 77.9 Å². The number of halogens is 2. The molecule has 1 aliphatic rings. The minimum Gasteiger partial charge on any atom is -0.465 e. The van der Waals surface area contributed by atoms with Gasteiger partial charge in [0, 0.05) is 28.1 Å². The summed E-state index contributed by atoms with van der Waals surface area (Å²) in [5.74, 6) is -1.92. The summed E-state index contributed by atoms with van der Waals surface area (Å²) in [4.78, 5) is 42.3. The number of amides is 2. The first-order chi connectivity index (χ1) is 22.2. The van der Waals surface area contributed by atoms with Crippen LogP contribution >= 0.6 is 23.2 Å². The van der Waals surface area contributed by atoms with Crippen LogP contribution in [0, 0.1) is 17.3 Å². The van der Waals surface area contributed by atoms with Crippen LogP contribution in [0.2, 0.25) is 10.0 Å². The summed E-state index contributed by atoms with van der Waals surface area (Å²) in [5.41, 5.74) is 1.31. The quantitative estimate of drug-likeness (QED) is 0.154. The Kier molecular flexibility index (Phi) is 11.9. The number of hydrogen-bond donors (Lipinski definition) is 2. The molecule has 1 aliphatic heterocycles. The minimum atomic E-state index is -2.25. The van der Waals surface area contributed by atoms with Crippen molar-refractivity contribution >= 4 is 57.8 Å². The Labute approximate surface area is 289 Å². The van der Waals surface area contributed by atoms with E-state index in [1.165, 1.54) is 7.11 Å². The van der Waals surface area contributed by atoms with Crippen LogP contribution < -0.4 is 5.32 Å². The number of hydrogen-bond acceptors (Lipinski definition) is 5. The van der Waals surface area contributed by atoms with E-state index in [4.69, 9.17) is 27.9 Å². The van der Waals surface area contributed by atoms with Gasteiger partial charge in [0.15, 0.2) is 11.1 Å². The molecule has 0 bridgehead atoms. The van der Waals surface area contributed by atoms with Gasteiger partial charge in [0.2, 0.25) is 11.8 Å². The zero-order chi connectivity index (χ0) is 34.6. The van der Waals surface area contributed by atoms with Gasteiger partial charge in [0.05, 0.1) is 35.4 Å². The van der Waals surface area contributed by atoms with Gasteiger partial charge in [-0.3, -0.25) is 9.59 Å². The third-order valence-electron chi connectivity index (χ3n) is 8.96. The molecule has 0 saturated carbocycles. The maximum absolute atomic E-state index is 15.0. The highest BCUT2D eigenvalue weighted by Gasteiger charge is 2.54. The predicted octanol–water partition coefficient (Wildman–Crippen LogP) is 8.14. The van der Waals surface area contributed by atoms with E-state index in [1.54, 1.807) is 54.3 Å². The molecule has 0 aromatic heterocycles. The molecule has 47 heavy (non-hydrogen) atoms. The number of anilines is 1. The summed E-state index contributed by atoms with van der Waals surface area (Å²) in [5, 5.41) is 3.18. The van der Waals surface area contributed by atoms with E-state index >= 15 is 4.79 Å². The first kappa shape index (κ1) is 36.6. The third-order valence-corrected chi connectivity index (χ3v) is 10.7. The number of ether oxygens (including phenoxy) is 1. The van der Waals surface area contributed by atoms with Crippen LogP contribution in [0.25, 0.3) is 0 Å². The van der Waals surface area contributed by atoms with Gasteiger partial charge in [-0.2, -0.15) is 0 Å². The van der Waals surface area contributed by atoms with Crippen LogP contribution in [0.5, 0.6) is 0 Å². The zero-order valence-electron chi connectivity index (χ0n) is 27.4. The van der Waals surface area contributed by atoms with Gasteiger partial charge in [-0.25, -0.2) is 9.00 Å². The van der Waals surface area contributed by atoms with Gasteiger partial charge >= 0.3 is 5.97 Å². The lowest BCUT2D eigenvalue weighted by atomic mass is 9.66. The molecule has 1 saturated heterocycles. The molecule has 0 radical (unpaired) electrons. The number of methoxy groups -OCH3 is 1. The van der Waals surface area contributed by atoms with E-state index in [9.17, 15) is 18.4 Å². The lowest BCUT2D eigenvalue weighted by Gasteiger charge is -2.54. The lowest BCUT2D eigenvalue weighted by molar-refractivity contribution is -0.158. The molecule has 0 aliphatic carbocycles. The maximum atomic E-state index is 15.0. The van der Waals surface area contributed by atoms with Crippen LogP contribution in [-0.4, -0.2) is 49.8 Å². The molecule has 2 unspecified atom stereocenters. The summed E-state index contributed by atoms with van der Waals surface area (Å²) in [6.07, 6.45) is 0.162. The molecule has 1 fully saturated rings. The molecule has 8 nitrogen and oxygen atoms in total. The Bertz CT molecular complexity index is 1610. The van der Waals surface area contributed by atoms with Crippen molar-refractivity contribution < 1.29 is 27.9 Å². The summed E-state index contributed by atoms with van der Waals surface area (Å²) < 4.78 is 28.4. The molecule has 11 heteroatoms. The number of rotatable bonds is 11. The molecular weight excluding hydrogens is 659 g/mol. The van der Waals surface area contributed by atoms with Crippen molar-refractivity contribution in [1.82, 2.24) is 4.90 Å². The molecular formula is C36H42Cl2N2O6S. The number of piperidine rings is 1. The monoisotopic (exact) mass is 700 g/mol. The molecule has 2 amide bonds. The molecule has 4 rings (SSSR count). The van der Waals surface area contributed by atoms with Gasteiger partial charge in [0.25, 0.3) is 0 Å². The normalized spacial score (nSPS) is 21.8. The molecule has 0 spiro atoms. The Balaban J connectivity index is 1.85. The average Bonchev–Trinajstić information content (AvgIpc) is 3.01.